The Bertz CT molecular complexity index is 1120. The number of nitrogens with zero attached hydrogens (tertiary/aromatic N) is 3. The topological polar surface area (TPSA) is 73.7 Å². The molecule has 1 N–H and O–H groups in total. The number of aliphatic hydroxyl groups is 1. The molecular weight excluding hydrogens is 398 g/mol. The molecule has 2 unspecified atom stereocenters. The van der Waals surface area contributed by atoms with E-state index in [-0.39, 0.29) is 11.4 Å². The molecule has 1 aliphatic rings. The van der Waals surface area contributed by atoms with Gasteiger partial charge >= 0.3 is 0 Å². The second kappa shape index (κ2) is 8.18. The van der Waals surface area contributed by atoms with Gasteiger partial charge in [0.2, 0.25) is 10.0 Å². The maximum absolute atomic E-state index is 13.5. The van der Waals surface area contributed by atoms with Crippen molar-refractivity contribution < 1.29 is 13.5 Å². The van der Waals surface area contributed by atoms with Gasteiger partial charge in [-0.05, 0) is 41.8 Å². The Morgan fingerprint density at radius 2 is 1.73 bits per heavy atom. The summed E-state index contributed by atoms with van der Waals surface area (Å²) in [4.78, 5) is 6.28. The monoisotopic (exact) mass is 423 g/mol. The zero-order valence-electron chi connectivity index (χ0n) is 17.0. The molecule has 7 heteroatoms. The molecule has 0 radical (unpaired) electrons. The summed E-state index contributed by atoms with van der Waals surface area (Å²) in [5.41, 5.74) is 3.26. The molecule has 6 nitrogen and oxygen atoms in total. The standard InChI is InChI=1S/C23H25N3O3S/c1-25(2)19-11-9-17(10-12-19)14-21-23(27)20-7-3-4-8-22(20)30(28,29)26(21)16-18-6-5-13-24-15-18/h3-13,15,21,23,27H,14,16H2,1-2H3. The predicted octanol–water partition coefficient (Wildman–Crippen LogP) is 3.00. The van der Waals surface area contributed by atoms with Crippen LogP contribution in [-0.4, -0.2) is 43.0 Å². The van der Waals surface area contributed by atoms with E-state index >= 15 is 0 Å². The van der Waals surface area contributed by atoms with Crippen molar-refractivity contribution in [2.45, 2.75) is 30.0 Å². The van der Waals surface area contributed by atoms with E-state index in [1.54, 1.807) is 42.7 Å². The summed E-state index contributed by atoms with van der Waals surface area (Å²) in [7, 11) is 0.175. The maximum Gasteiger partial charge on any atom is 0.244 e. The van der Waals surface area contributed by atoms with Crippen molar-refractivity contribution in [3.63, 3.8) is 0 Å². The lowest BCUT2D eigenvalue weighted by molar-refractivity contribution is 0.0769. The quantitative estimate of drug-likeness (QED) is 0.683. The second-order valence-corrected chi connectivity index (χ2v) is 9.59. The van der Waals surface area contributed by atoms with Crippen molar-refractivity contribution in [2.75, 3.05) is 19.0 Å². The third-order valence-corrected chi connectivity index (χ3v) is 7.46. The first kappa shape index (κ1) is 20.5. The highest BCUT2D eigenvalue weighted by molar-refractivity contribution is 7.89. The molecule has 1 aromatic heterocycles. The van der Waals surface area contributed by atoms with Gasteiger partial charge in [-0.25, -0.2) is 8.42 Å². The lowest BCUT2D eigenvalue weighted by Crippen LogP contribution is -2.48. The van der Waals surface area contributed by atoms with Crippen LogP contribution in [0.2, 0.25) is 0 Å². The summed E-state index contributed by atoms with van der Waals surface area (Å²) in [6.45, 7) is 0.155. The lowest BCUT2D eigenvalue weighted by atomic mass is 9.95. The number of anilines is 1. The molecule has 0 saturated heterocycles. The Hall–Kier alpha value is -2.74. The molecule has 0 saturated carbocycles. The summed E-state index contributed by atoms with van der Waals surface area (Å²) in [6.07, 6.45) is 2.80. The predicted molar refractivity (Wildman–Crippen MR) is 117 cm³/mol. The lowest BCUT2D eigenvalue weighted by Gasteiger charge is -2.39. The number of sulfonamides is 1. The van der Waals surface area contributed by atoms with Crippen LogP contribution in [0.15, 0.2) is 78.0 Å². The van der Waals surface area contributed by atoms with E-state index < -0.39 is 22.2 Å². The molecule has 156 valence electrons. The van der Waals surface area contributed by atoms with Crippen molar-refractivity contribution in [1.29, 1.82) is 0 Å². The van der Waals surface area contributed by atoms with Gasteiger partial charge in [0.15, 0.2) is 0 Å². The van der Waals surface area contributed by atoms with Crippen molar-refractivity contribution in [3.05, 3.63) is 89.7 Å². The first-order valence-corrected chi connectivity index (χ1v) is 11.3. The van der Waals surface area contributed by atoms with E-state index in [2.05, 4.69) is 4.98 Å². The molecule has 0 bridgehead atoms. The molecule has 4 rings (SSSR count). The molecule has 2 aromatic carbocycles. The van der Waals surface area contributed by atoms with Crippen LogP contribution in [0.1, 0.15) is 22.8 Å². The summed E-state index contributed by atoms with van der Waals surface area (Å²) in [6, 6.07) is 17.7. The largest absolute Gasteiger partial charge is 0.387 e. The summed E-state index contributed by atoms with van der Waals surface area (Å²) in [5.74, 6) is 0. The van der Waals surface area contributed by atoms with Gasteiger partial charge in [0.05, 0.1) is 17.0 Å². The highest BCUT2D eigenvalue weighted by Crippen LogP contribution is 2.39. The van der Waals surface area contributed by atoms with Crippen molar-refractivity contribution in [1.82, 2.24) is 9.29 Å². The highest BCUT2D eigenvalue weighted by Gasteiger charge is 2.43. The minimum Gasteiger partial charge on any atom is -0.387 e. The van der Waals surface area contributed by atoms with Gasteiger partial charge in [-0.1, -0.05) is 36.4 Å². The molecule has 3 aromatic rings. The molecule has 1 aliphatic heterocycles. The maximum atomic E-state index is 13.5. The van der Waals surface area contributed by atoms with Crippen LogP contribution in [0.3, 0.4) is 0 Å². The van der Waals surface area contributed by atoms with E-state index in [0.29, 0.717) is 12.0 Å². The number of hydrogen-bond donors (Lipinski definition) is 1. The minimum atomic E-state index is -3.77. The Balaban J connectivity index is 1.74. The average molecular weight is 424 g/mol. The zero-order valence-corrected chi connectivity index (χ0v) is 17.8. The van der Waals surface area contributed by atoms with Gasteiger partial charge in [0.25, 0.3) is 0 Å². The van der Waals surface area contributed by atoms with Gasteiger partial charge in [-0.15, -0.1) is 0 Å². The molecule has 0 fully saturated rings. The van der Waals surface area contributed by atoms with Crippen molar-refractivity contribution in [2.24, 2.45) is 0 Å². The zero-order chi connectivity index (χ0) is 21.3. The van der Waals surface area contributed by atoms with E-state index in [9.17, 15) is 13.5 Å². The molecular formula is C23H25N3O3S. The second-order valence-electron chi connectivity index (χ2n) is 7.73. The van der Waals surface area contributed by atoms with Gasteiger partial charge in [-0.2, -0.15) is 4.31 Å². The van der Waals surface area contributed by atoms with Gasteiger partial charge in [0.1, 0.15) is 0 Å². The fourth-order valence-corrected chi connectivity index (χ4v) is 5.74. The summed E-state index contributed by atoms with van der Waals surface area (Å²) >= 11 is 0. The molecule has 0 spiro atoms. The third kappa shape index (κ3) is 3.84. The molecule has 30 heavy (non-hydrogen) atoms. The average Bonchev–Trinajstić information content (AvgIpc) is 2.76. The van der Waals surface area contributed by atoms with E-state index in [0.717, 1.165) is 16.8 Å². The Morgan fingerprint density at radius 3 is 2.40 bits per heavy atom. The fourth-order valence-electron chi connectivity index (χ4n) is 3.89. The SMILES string of the molecule is CN(C)c1ccc(CC2C(O)c3ccccc3S(=O)(=O)N2Cc2cccnc2)cc1. The Morgan fingerprint density at radius 1 is 1.00 bits per heavy atom. The van der Waals surface area contributed by atoms with Crippen molar-refractivity contribution in [3.8, 4) is 0 Å². The highest BCUT2D eigenvalue weighted by atomic mass is 32.2. The summed E-state index contributed by atoms with van der Waals surface area (Å²) < 4.78 is 28.4. The molecule has 0 aliphatic carbocycles. The van der Waals surface area contributed by atoms with Crippen LogP contribution in [-0.2, 0) is 23.0 Å². The Labute approximate surface area is 177 Å². The first-order chi connectivity index (χ1) is 14.4. The number of hydrogen-bond acceptors (Lipinski definition) is 5. The molecule has 2 heterocycles. The number of fused-ring (bicyclic) bond motifs is 1. The van der Waals surface area contributed by atoms with E-state index in [1.807, 2.05) is 49.3 Å². The van der Waals surface area contributed by atoms with Crippen LogP contribution in [0, 0.1) is 0 Å². The van der Waals surface area contributed by atoms with Crippen molar-refractivity contribution >= 4 is 15.7 Å². The number of benzene rings is 2. The number of rotatable bonds is 5. The number of pyridine rings is 1. The van der Waals surface area contributed by atoms with E-state index in [1.165, 1.54) is 4.31 Å². The first-order valence-electron chi connectivity index (χ1n) is 9.82. The number of aliphatic hydroxyl groups excluding tert-OH is 1. The van der Waals surface area contributed by atoms with Crippen LogP contribution >= 0.6 is 0 Å². The van der Waals surface area contributed by atoms with Crippen LogP contribution in [0.5, 0.6) is 0 Å². The molecule has 2 atom stereocenters. The van der Waals surface area contributed by atoms with Gasteiger partial charge in [0, 0.05) is 44.3 Å². The molecule has 0 amide bonds. The normalized spacial score (nSPS) is 20.5. The van der Waals surface area contributed by atoms with Crippen LogP contribution in [0.4, 0.5) is 5.69 Å². The van der Waals surface area contributed by atoms with Gasteiger partial charge in [-0.3, -0.25) is 4.98 Å². The van der Waals surface area contributed by atoms with Crippen LogP contribution < -0.4 is 4.90 Å². The minimum absolute atomic E-state index is 0.155. The van der Waals surface area contributed by atoms with E-state index in [4.69, 9.17) is 0 Å². The van der Waals surface area contributed by atoms with Gasteiger partial charge < -0.3 is 10.0 Å². The fraction of sp³-hybridized carbons (Fsp3) is 0.261. The number of aromatic nitrogens is 1. The smallest absolute Gasteiger partial charge is 0.244 e. The third-order valence-electron chi connectivity index (χ3n) is 5.52. The Kier molecular flexibility index (Phi) is 5.60. The van der Waals surface area contributed by atoms with Crippen LogP contribution in [0.25, 0.3) is 0 Å². The summed E-state index contributed by atoms with van der Waals surface area (Å²) in [5, 5.41) is 11.2.